The minimum Gasteiger partial charge on any atom is -0.303 e. The Balaban J connectivity index is 1.55. The van der Waals surface area contributed by atoms with Crippen LogP contribution in [0.15, 0.2) is 18.2 Å². The van der Waals surface area contributed by atoms with E-state index in [1.54, 1.807) is 0 Å². The van der Waals surface area contributed by atoms with Crippen molar-refractivity contribution in [3.05, 3.63) is 34.9 Å². The molecule has 0 spiro atoms. The molecular formula is C28H44N2O2. The van der Waals surface area contributed by atoms with Crippen LogP contribution in [0.2, 0.25) is 0 Å². The highest BCUT2D eigenvalue weighted by molar-refractivity contribution is 6.01. The van der Waals surface area contributed by atoms with Crippen LogP contribution in [0.1, 0.15) is 111 Å². The highest BCUT2D eigenvalue weighted by Gasteiger charge is 2.20. The molecule has 0 radical (unpaired) electrons. The summed E-state index contributed by atoms with van der Waals surface area (Å²) in [6.07, 6.45) is 10.4. The number of likely N-dealkylation sites (tertiary alicyclic amines) is 2. The van der Waals surface area contributed by atoms with E-state index in [0.29, 0.717) is 12.8 Å². The van der Waals surface area contributed by atoms with Crippen LogP contribution in [0.5, 0.6) is 0 Å². The third-order valence-corrected chi connectivity index (χ3v) is 7.10. The van der Waals surface area contributed by atoms with E-state index >= 15 is 0 Å². The molecular weight excluding hydrogens is 396 g/mol. The number of nitrogens with zero attached hydrogens (tertiary/aromatic N) is 2. The van der Waals surface area contributed by atoms with Crippen LogP contribution >= 0.6 is 0 Å². The van der Waals surface area contributed by atoms with Gasteiger partial charge in [-0.1, -0.05) is 20.8 Å². The maximum atomic E-state index is 13.0. The highest BCUT2D eigenvalue weighted by atomic mass is 16.1. The van der Waals surface area contributed by atoms with Crippen LogP contribution in [-0.4, -0.2) is 60.6 Å². The van der Waals surface area contributed by atoms with Crippen LogP contribution < -0.4 is 0 Å². The van der Waals surface area contributed by atoms with Gasteiger partial charge in [-0.15, -0.1) is 0 Å². The number of rotatable bonds is 12. The van der Waals surface area contributed by atoms with Crippen molar-refractivity contribution in [2.75, 3.05) is 39.3 Å². The summed E-state index contributed by atoms with van der Waals surface area (Å²) < 4.78 is 0. The monoisotopic (exact) mass is 440 g/mol. The summed E-state index contributed by atoms with van der Waals surface area (Å²) >= 11 is 0. The maximum absolute atomic E-state index is 13.0. The van der Waals surface area contributed by atoms with Gasteiger partial charge in [0.25, 0.3) is 0 Å². The van der Waals surface area contributed by atoms with Gasteiger partial charge in [0.2, 0.25) is 0 Å². The summed E-state index contributed by atoms with van der Waals surface area (Å²) in [7, 11) is 0. The largest absolute Gasteiger partial charge is 0.303 e. The predicted octanol–water partition coefficient (Wildman–Crippen LogP) is 5.88. The van der Waals surface area contributed by atoms with Crippen molar-refractivity contribution in [1.29, 1.82) is 0 Å². The number of ketones is 2. The van der Waals surface area contributed by atoms with Crippen molar-refractivity contribution in [2.45, 2.75) is 90.4 Å². The molecule has 3 rings (SSSR count). The molecule has 32 heavy (non-hydrogen) atoms. The van der Waals surface area contributed by atoms with Gasteiger partial charge in [0, 0.05) is 24.0 Å². The minimum absolute atomic E-state index is 0.0865. The summed E-state index contributed by atoms with van der Waals surface area (Å²) in [6.45, 7) is 13.5. The lowest BCUT2D eigenvalue weighted by molar-refractivity contribution is 0.0977. The number of Topliss-reactive ketones (excluding diaryl/α,β-unsaturated/α-hetero) is 2. The lowest BCUT2D eigenvalue weighted by Gasteiger charge is -2.21. The zero-order valence-electron chi connectivity index (χ0n) is 20.8. The number of hydrogen-bond donors (Lipinski definition) is 0. The third kappa shape index (κ3) is 7.81. The van der Waals surface area contributed by atoms with Crippen LogP contribution in [0.25, 0.3) is 0 Å². The average molecular weight is 441 g/mol. The molecule has 1 aromatic carbocycles. The Morgan fingerprint density at radius 2 is 1.09 bits per heavy atom. The fourth-order valence-corrected chi connectivity index (χ4v) is 4.93. The number of carbonyl (C=O) groups excluding carboxylic acids is 2. The molecule has 0 atom stereocenters. The van der Waals surface area contributed by atoms with E-state index in [0.717, 1.165) is 55.5 Å². The number of unbranched alkanes of at least 4 members (excludes halogenated alkanes) is 2. The molecule has 4 heteroatoms. The first-order valence-corrected chi connectivity index (χ1v) is 13.0. The molecule has 2 aliphatic rings. The van der Waals surface area contributed by atoms with Crippen LogP contribution in [0, 0.1) is 0 Å². The molecule has 0 N–H and O–H groups in total. The summed E-state index contributed by atoms with van der Waals surface area (Å²) in [6, 6.07) is 5.90. The Morgan fingerprint density at radius 3 is 1.47 bits per heavy atom. The van der Waals surface area contributed by atoms with E-state index < -0.39 is 0 Å². The second kappa shape index (κ2) is 12.1. The predicted molar refractivity (Wildman–Crippen MR) is 133 cm³/mol. The van der Waals surface area contributed by atoms with Gasteiger partial charge < -0.3 is 9.80 Å². The zero-order chi connectivity index (χ0) is 23.0. The molecule has 2 saturated heterocycles. The Kier molecular flexibility index (Phi) is 9.48. The number of hydrogen-bond acceptors (Lipinski definition) is 4. The second-order valence-corrected chi connectivity index (χ2v) is 10.9. The lowest BCUT2D eigenvalue weighted by Crippen LogP contribution is -2.20. The quantitative estimate of drug-likeness (QED) is 0.300. The minimum atomic E-state index is -0.0865. The van der Waals surface area contributed by atoms with E-state index in [1.165, 1.54) is 51.9 Å². The van der Waals surface area contributed by atoms with Gasteiger partial charge in [0.15, 0.2) is 11.6 Å². The maximum Gasteiger partial charge on any atom is 0.162 e. The molecule has 0 unspecified atom stereocenters. The van der Waals surface area contributed by atoms with Gasteiger partial charge >= 0.3 is 0 Å². The smallest absolute Gasteiger partial charge is 0.162 e. The van der Waals surface area contributed by atoms with Crippen molar-refractivity contribution in [3.63, 3.8) is 0 Å². The van der Waals surface area contributed by atoms with E-state index in [-0.39, 0.29) is 17.0 Å². The molecule has 0 aromatic heterocycles. The van der Waals surface area contributed by atoms with Gasteiger partial charge in [-0.25, -0.2) is 0 Å². The molecule has 2 aliphatic heterocycles. The Bertz CT molecular complexity index is 699. The van der Waals surface area contributed by atoms with E-state index in [4.69, 9.17) is 0 Å². The molecule has 0 amide bonds. The molecule has 0 saturated carbocycles. The Hall–Kier alpha value is -1.52. The highest BCUT2D eigenvalue weighted by Crippen LogP contribution is 2.26. The van der Waals surface area contributed by atoms with Gasteiger partial charge in [-0.2, -0.15) is 0 Å². The first kappa shape index (κ1) is 25.1. The first-order valence-electron chi connectivity index (χ1n) is 13.0. The lowest BCUT2D eigenvalue weighted by atomic mass is 9.83. The van der Waals surface area contributed by atoms with Crippen LogP contribution in [0.4, 0.5) is 0 Å². The SMILES string of the molecule is CC(C)(C)c1cc(C(=O)CCCCN2CCCC2)cc(C(=O)CCCCN2CCCC2)c1. The average Bonchev–Trinajstić information content (AvgIpc) is 3.47. The van der Waals surface area contributed by atoms with Crippen LogP contribution in [0.3, 0.4) is 0 Å². The zero-order valence-corrected chi connectivity index (χ0v) is 20.8. The number of carbonyl (C=O) groups is 2. The summed E-state index contributed by atoms with van der Waals surface area (Å²) in [5, 5.41) is 0. The Morgan fingerprint density at radius 1 is 0.688 bits per heavy atom. The molecule has 178 valence electrons. The first-order chi connectivity index (χ1) is 15.3. The fraction of sp³-hybridized carbons (Fsp3) is 0.714. The van der Waals surface area contributed by atoms with Crippen LogP contribution in [-0.2, 0) is 5.41 Å². The molecule has 0 bridgehead atoms. The van der Waals surface area contributed by atoms with Gasteiger partial charge in [0.1, 0.15) is 0 Å². The Labute approximate surface area is 195 Å². The van der Waals surface area contributed by atoms with Crippen molar-refractivity contribution >= 4 is 11.6 Å². The van der Waals surface area contributed by atoms with Crippen molar-refractivity contribution in [3.8, 4) is 0 Å². The molecule has 2 heterocycles. The molecule has 4 nitrogen and oxygen atoms in total. The van der Waals surface area contributed by atoms with Crippen molar-refractivity contribution < 1.29 is 9.59 Å². The summed E-state index contributed by atoms with van der Waals surface area (Å²) in [4.78, 5) is 31.0. The van der Waals surface area contributed by atoms with E-state index in [1.807, 2.05) is 18.2 Å². The topological polar surface area (TPSA) is 40.6 Å². The van der Waals surface area contributed by atoms with Crippen molar-refractivity contribution in [2.24, 2.45) is 0 Å². The summed E-state index contributed by atoms with van der Waals surface area (Å²) in [5.74, 6) is 0.362. The van der Waals surface area contributed by atoms with Gasteiger partial charge in [-0.05, 0) is 120 Å². The number of benzene rings is 1. The molecule has 0 aliphatic carbocycles. The van der Waals surface area contributed by atoms with E-state index in [9.17, 15) is 9.59 Å². The van der Waals surface area contributed by atoms with Gasteiger partial charge in [-0.3, -0.25) is 9.59 Å². The third-order valence-electron chi connectivity index (χ3n) is 7.10. The summed E-state index contributed by atoms with van der Waals surface area (Å²) in [5.41, 5.74) is 2.44. The van der Waals surface area contributed by atoms with E-state index in [2.05, 4.69) is 30.6 Å². The van der Waals surface area contributed by atoms with Crippen molar-refractivity contribution in [1.82, 2.24) is 9.80 Å². The second-order valence-electron chi connectivity index (χ2n) is 10.9. The normalized spacial score (nSPS) is 17.8. The molecule has 2 fully saturated rings. The van der Waals surface area contributed by atoms with Gasteiger partial charge in [0.05, 0.1) is 0 Å². The standard InChI is InChI=1S/C28H44N2O2/c1-28(2,3)25-21-23(26(31)12-4-6-14-29-16-8-9-17-29)20-24(22-25)27(32)13-5-7-15-30-18-10-11-19-30/h20-22H,4-19H2,1-3H3. The molecule has 1 aromatic rings. The fourth-order valence-electron chi connectivity index (χ4n) is 4.93.